The predicted molar refractivity (Wildman–Crippen MR) is 97.2 cm³/mol. The average molecular weight is 381 g/mol. The molecular weight excluding hydrogens is 363 g/mol. The van der Waals surface area contributed by atoms with Crippen LogP contribution in [0.4, 0.5) is 5.95 Å². The molecule has 1 aromatic carbocycles. The van der Waals surface area contributed by atoms with Crippen LogP contribution >= 0.6 is 23.2 Å². The number of benzene rings is 1. The van der Waals surface area contributed by atoms with Gasteiger partial charge in [-0.3, -0.25) is 4.79 Å². The maximum Gasteiger partial charge on any atom is 0.271 e. The maximum absolute atomic E-state index is 12.4. The van der Waals surface area contributed by atoms with Crippen molar-refractivity contribution in [2.24, 2.45) is 0 Å². The first-order valence-electron chi connectivity index (χ1n) is 8.04. The number of aromatic nitrogens is 2. The second-order valence-electron chi connectivity index (χ2n) is 5.81. The highest BCUT2D eigenvalue weighted by Crippen LogP contribution is 2.23. The summed E-state index contributed by atoms with van der Waals surface area (Å²) in [6, 6.07) is 6.95. The van der Waals surface area contributed by atoms with Gasteiger partial charge in [-0.2, -0.15) is 0 Å². The molecule has 1 saturated heterocycles. The summed E-state index contributed by atoms with van der Waals surface area (Å²) in [5, 5.41) is 13.5. The largest absolute Gasteiger partial charge is 0.387 e. The summed E-state index contributed by atoms with van der Waals surface area (Å²) in [4.78, 5) is 22.9. The summed E-state index contributed by atoms with van der Waals surface area (Å²) in [6.07, 6.45) is 2.67. The molecule has 0 saturated carbocycles. The molecule has 0 radical (unpaired) electrons. The Hall–Kier alpha value is -1.89. The van der Waals surface area contributed by atoms with Gasteiger partial charge >= 0.3 is 0 Å². The summed E-state index contributed by atoms with van der Waals surface area (Å²) in [5.74, 6) is 0.0395. The lowest BCUT2D eigenvalue weighted by atomic mass is 10.1. The molecule has 0 spiro atoms. The van der Waals surface area contributed by atoms with E-state index < -0.39 is 12.0 Å². The van der Waals surface area contributed by atoms with Gasteiger partial charge in [0.15, 0.2) is 5.69 Å². The van der Waals surface area contributed by atoms with Crippen molar-refractivity contribution in [2.75, 3.05) is 24.5 Å². The van der Waals surface area contributed by atoms with E-state index in [9.17, 15) is 9.90 Å². The molecule has 2 N–H and O–H groups in total. The van der Waals surface area contributed by atoms with Crippen LogP contribution in [-0.2, 0) is 0 Å². The second-order valence-corrected chi connectivity index (χ2v) is 6.62. The third-order valence-corrected chi connectivity index (χ3v) is 4.68. The Morgan fingerprint density at radius 2 is 1.96 bits per heavy atom. The minimum Gasteiger partial charge on any atom is -0.387 e. The second kappa shape index (κ2) is 7.99. The van der Waals surface area contributed by atoms with Gasteiger partial charge in [0.05, 0.1) is 17.3 Å². The molecule has 2 heterocycles. The first kappa shape index (κ1) is 17.9. The van der Waals surface area contributed by atoms with Crippen LogP contribution in [-0.4, -0.2) is 40.6 Å². The van der Waals surface area contributed by atoms with Gasteiger partial charge < -0.3 is 15.3 Å². The summed E-state index contributed by atoms with van der Waals surface area (Å²) >= 11 is 12.1. The molecule has 2 aromatic rings. The molecular formula is C17H18Cl2N4O2. The zero-order chi connectivity index (χ0) is 17.8. The minimum absolute atomic E-state index is 0.00193. The monoisotopic (exact) mass is 380 g/mol. The van der Waals surface area contributed by atoms with Crippen molar-refractivity contribution in [3.8, 4) is 0 Å². The van der Waals surface area contributed by atoms with Crippen LogP contribution in [0.5, 0.6) is 0 Å². The molecule has 3 rings (SSSR count). The van der Waals surface area contributed by atoms with Crippen LogP contribution in [0.3, 0.4) is 0 Å². The lowest BCUT2D eigenvalue weighted by Crippen LogP contribution is -2.30. The number of carbonyl (C=O) groups is 1. The Morgan fingerprint density at radius 3 is 2.68 bits per heavy atom. The Kier molecular flexibility index (Phi) is 5.73. The fourth-order valence-electron chi connectivity index (χ4n) is 2.71. The van der Waals surface area contributed by atoms with E-state index in [4.69, 9.17) is 23.2 Å². The van der Waals surface area contributed by atoms with E-state index in [-0.39, 0.29) is 17.3 Å². The Bertz CT molecular complexity index is 766. The van der Waals surface area contributed by atoms with Crippen LogP contribution in [0.1, 0.15) is 35.0 Å². The maximum atomic E-state index is 12.4. The number of rotatable bonds is 5. The highest BCUT2D eigenvalue weighted by Gasteiger charge is 2.20. The zero-order valence-corrected chi connectivity index (χ0v) is 15.0. The fourth-order valence-corrected chi connectivity index (χ4v) is 3.15. The van der Waals surface area contributed by atoms with Crippen LogP contribution < -0.4 is 10.2 Å². The summed E-state index contributed by atoms with van der Waals surface area (Å²) < 4.78 is 0. The molecule has 1 unspecified atom stereocenters. The van der Waals surface area contributed by atoms with Gasteiger partial charge in [0.2, 0.25) is 5.95 Å². The van der Waals surface area contributed by atoms with Crippen LogP contribution in [0.15, 0.2) is 30.5 Å². The van der Waals surface area contributed by atoms with E-state index in [0.717, 1.165) is 25.9 Å². The molecule has 1 atom stereocenters. The quantitative estimate of drug-likeness (QED) is 0.833. The molecule has 132 valence electrons. The number of anilines is 1. The highest BCUT2D eigenvalue weighted by atomic mass is 35.5. The van der Waals surface area contributed by atoms with Crippen molar-refractivity contribution in [3.05, 3.63) is 51.8 Å². The molecule has 1 aliphatic heterocycles. The van der Waals surface area contributed by atoms with E-state index >= 15 is 0 Å². The Balaban J connectivity index is 1.68. The molecule has 0 bridgehead atoms. The molecule has 1 fully saturated rings. The smallest absolute Gasteiger partial charge is 0.271 e. The van der Waals surface area contributed by atoms with Crippen LogP contribution in [0.25, 0.3) is 0 Å². The number of amides is 1. The lowest BCUT2D eigenvalue weighted by Gasteiger charge is -2.17. The normalized spacial score (nSPS) is 15.2. The standard InChI is InChI=1S/C17H18Cl2N4O2/c18-12-6-2-1-5-11(12)14(24)10-20-16(25)15-13(19)9-21-17(22-15)23-7-3-4-8-23/h1-2,5-6,9,14,24H,3-4,7-8,10H2,(H,20,25). The van der Waals surface area contributed by atoms with Gasteiger partial charge in [-0.1, -0.05) is 41.4 Å². The number of nitrogens with one attached hydrogen (secondary N) is 1. The molecule has 1 amide bonds. The van der Waals surface area contributed by atoms with Crippen molar-refractivity contribution in [2.45, 2.75) is 18.9 Å². The van der Waals surface area contributed by atoms with E-state index in [2.05, 4.69) is 15.3 Å². The van der Waals surface area contributed by atoms with E-state index in [1.165, 1.54) is 6.20 Å². The SMILES string of the molecule is O=C(NCC(O)c1ccccc1Cl)c1nc(N2CCCC2)ncc1Cl. The lowest BCUT2D eigenvalue weighted by molar-refractivity contribution is 0.0911. The number of aliphatic hydroxyl groups excluding tert-OH is 1. The van der Waals surface area contributed by atoms with Crippen LogP contribution in [0.2, 0.25) is 10.0 Å². The fraction of sp³-hybridized carbons (Fsp3) is 0.353. The molecule has 1 aliphatic rings. The van der Waals surface area contributed by atoms with Crippen molar-refractivity contribution < 1.29 is 9.90 Å². The van der Waals surface area contributed by atoms with Crippen LogP contribution in [0, 0.1) is 0 Å². The zero-order valence-electron chi connectivity index (χ0n) is 13.5. The van der Waals surface area contributed by atoms with Gasteiger partial charge in [-0.15, -0.1) is 0 Å². The molecule has 25 heavy (non-hydrogen) atoms. The first-order chi connectivity index (χ1) is 12.1. The van der Waals surface area contributed by atoms with Gasteiger partial charge in [0, 0.05) is 30.2 Å². The number of hydrogen-bond acceptors (Lipinski definition) is 5. The minimum atomic E-state index is -0.920. The Morgan fingerprint density at radius 1 is 1.24 bits per heavy atom. The molecule has 0 aliphatic carbocycles. The van der Waals surface area contributed by atoms with Crippen molar-refractivity contribution in [1.82, 2.24) is 15.3 Å². The summed E-state index contributed by atoms with van der Waals surface area (Å²) in [5.41, 5.74) is 0.654. The van der Waals surface area contributed by atoms with E-state index in [0.29, 0.717) is 16.5 Å². The van der Waals surface area contributed by atoms with Crippen molar-refractivity contribution in [3.63, 3.8) is 0 Å². The number of nitrogens with zero attached hydrogens (tertiary/aromatic N) is 3. The molecule has 1 aromatic heterocycles. The highest BCUT2D eigenvalue weighted by molar-refractivity contribution is 6.33. The number of hydrogen-bond donors (Lipinski definition) is 2. The van der Waals surface area contributed by atoms with Crippen molar-refractivity contribution in [1.29, 1.82) is 0 Å². The third kappa shape index (κ3) is 4.21. The first-order valence-corrected chi connectivity index (χ1v) is 8.80. The summed E-state index contributed by atoms with van der Waals surface area (Å²) in [7, 11) is 0. The Labute approximate surface area is 155 Å². The van der Waals surface area contributed by atoms with Gasteiger partial charge in [-0.05, 0) is 18.9 Å². The molecule has 6 nitrogen and oxygen atoms in total. The predicted octanol–water partition coefficient (Wildman–Crippen LogP) is 2.85. The van der Waals surface area contributed by atoms with E-state index in [1.54, 1.807) is 24.3 Å². The summed E-state index contributed by atoms with van der Waals surface area (Å²) in [6.45, 7) is 1.74. The number of carbonyl (C=O) groups excluding carboxylic acids is 1. The molecule has 8 heteroatoms. The topological polar surface area (TPSA) is 78.3 Å². The van der Waals surface area contributed by atoms with Gasteiger partial charge in [0.25, 0.3) is 5.91 Å². The average Bonchev–Trinajstić information content (AvgIpc) is 3.15. The third-order valence-electron chi connectivity index (χ3n) is 4.06. The van der Waals surface area contributed by atoms with Gasteiger partial charge in [-0.25, -0.2) is 9.97 Å². The van der Waals surface area contributed by atoms with E-state index in [1.807, 2.05) is 4.90 Å². The van der Waals surface area contributed by atoms with Crippen molar-refractivity contribution >= 4 is 35.1 Å². The number of halogens is 2. The van der Waals surface area contributed by atoms with Gasteiger partial charge in [0.1, 0.15) is 0 Å². The number of aliphatic hydroxyl groups is 1.